The molecule has 5 heteroatoms. The SMILES string of the molecule is O=C/C=C\C(=O)NCCNCCC=O. The summed E-state index contributed by atoms with van der Waals surface area (Å²) in [5.74, 6) is -0.297. The molecule has 1 amide bonds. The van der Waals surface area contributed by atoms with Gasteiger partial charge < -0.3 is 15.4 Å². The van der Waals surface area contributed by atoms with Crippen LogP contribution in [0.2, 0.25) is 0 Å². The fraction of sp³-hybridized carbons (Fsp3) is 0.444. The Bertz CT molecular complexity index is 214. The Morgan fingerprint density at radius 2 is 1.93 bits per heavy atom. The van der Waals surface area contributed by atoms with Crippen LogP contribution in [0.5, 0.6) is 0 Å². The van der Waals surface area contributed by atoms with Crippen LogP contribution < -0.4 is 10.6 Å². The summed E-state index contributed by atoms with van der Waals surface area (Å²) in [6.45, 7) is 1.69. The molecule has 0 rings (SSSR count). The molecule has 0 radical (unpaired) electrons. The molecule has 0 atom stereocenters. The Kier molecular flexibility index (Phi) is 8.58. The second-order valence-corrected chi connectivity index (χ2v) is 2.49. The van der Waals surface area contributed by atoms with Crippen LogP contribution in [0.4, 0.5) is 0 Å². The number of carbonyl (C=O) groups is 3. The molecule has 2 N–H and O–H groups in total. The first-order valence-corrected chi connectivity index (χ1v) is 4.35. The van der Waals surface area contributed by atoms with Gasteiger partial charge >= 0.3 is 0 Å². The molecule has 0 aliphatic carbocycles. The molecule has 14 heavy (non-hydrogen) atoms. The highest BCUT2D eigenvalue weighted by Crippen LogP contribution is 1.70. The van der Waals surface area contributed by atoms with E-state index in [4.69, 9.17) is 0 Å². The van der Waals surface area contributed by atoms with E-state index in [0.29, 0.717) is 32.3 Å². The topological polar surface area (TPSA) is 75.3 Å². The van der Waals surface area contributed by atoms with Crippen LogP contribution in [0.25, 0.3) is 0 Å². The lowest BCUT2D eigenvalue weighted by atomic mass is 10.4. The van der Waals surface area contributed by atoms with Crippen molar-refractivity contribution in [2.45, 2.75) is 6.42 Å². The largest absolute Gasteiger partial charge is 0.351 e. The van der Waals surface area contributed by atoms with Crippen molar-refractivity contribution in [2.75, 3.05) is 19.6 Å². The average Bonchev–Trinajstić information content (AvgIpc) is 2.20. The van der Waals surface area contributed by atoms with Crippen molar-refractivity contribution in [2.24, 2.45) is 0 Å². The lowest BCUT2D eigenvalue weighted by Crippen LogP contribution is -2.31. The summed E-state index contributed by atoms with van der Waals surface area (Å²) in [5.41, 5.74) is 0. The van der Waals surface area contributed by atoms with E-state index < -0.39 is 0 Å². The molecular formula is C9H14N2O3. The van der Waals surface area contributed by atoms with E-state index in [0.717, 1.165) is 12.4 Å². The third-order valence-electron chi connectivity index (χ3n) is 1.37. The quantitative estimate of drug-likeness (QED) is 0.299. The molecule has 0 aromatic carbocycles. The van der Waals surface area contributed by atoms with Gasteiger partial charge in [0.1, 0.15) is 12.6 Å². The number of nitrogens with one attached hydrogen (secondary N) is 2. The van der Waals surface area contributed by atoms with Gasteiger partial charge in [0.25, 0.3) is 0 Å². The van der Waals surface area contributed by atoms with Crippen molar-refractivity contribution in [3.63, 3.8) is 0 Å². The molecule has 0 aromatic heterocycles. The molecule has 0 bridgehead atoms. The smallest absolute Gasteiger partial charge is 0.244 e. The molecule has 78 valence electrons. The maximum atomic E-state index is 10.9. The maximum absolute atomic E-state index is 10.9. The molecular weight excluding hydrogens is 184 g/mol. The zero-order valence-corrected chi connectivity index (χ0v) is 7.86. The standard InChI is InChI=1S/C9H14N2O3/c12-7-1-3-9(14)11-6-5-10-4-2-8-13/h1,3,7-8,10H,2,4-6H2,(H,11,14)/b3-1-. The van der Waals surface area contributed by atoms with Crippen LogP contribution in [-0.2, 0) is 14.4 Å². The van der Waals surface area contributed by atoms with Gasteiger partial charge in [-0.15, -0.1) is 0 Å². The lowest BCUT2D eigenvalue weighted by Gasteiger charge is -2.02. The summed E-state index contributed by atoms with van der Waals surface area (Å²) in [7, 11) is 0. The van der Waals surface area contributed by atoms with Gasteiger partial charge in [-0.05, 0) is 6.08 Å². The van der Waals surface area contributed by atoms with Crippen LogP contribution in [-0.4, -0.2) is 38.1 Å². The van der Waals surface area contributed by atoms with Gasteiger partial charge in [0.15, 0.2) is 0 Å². The fourth-order valence-electron chi connectivity index (χ4n) is 0.746. The Balaban J connectivity index is 3.27. The van der Waals surface area contributed by atoms with Crippen LogP contribution in [0.1, 0.15) is 6.42 Å². The molecule has 0 spiro atoms. The predicted molar refractivity (Wildman–Crippen MR) is 51.8 cm³/mol. The minimum absolute atomic E-state index is 0.297. The number of hydrogen-bond acceptors (Lipinski definition) is 4. The van der Waals surface area contributed by atoms with E-state index in [1.165, 1.54) is 6.08 Å². The Morgan fingerprint density at radius 1 is 1.14 bits per heavy atom. The summed E-state index contributed by atoms with van der Waals surface area (Å²) >= 11 is 0. The van der Waals surface area contributed by atoms with Crippen LogP contribution >= 0.6 is 0 Å². The summed E-state index contributed by atoms with van der Waals surface area (Å²) in [6, 6.07) is 0. The second kappa shape index (κ2) is 9.60. The minimum atomic E-state index is -0.297. The normalized spacial score (nSPS) is 10.0. The minimum Gasteiger partial charge on any atom is -0.351 e. The summed E-state index contributed by atoms with van der Waals surface area (Å²) < 4.78 is 0. The Labute approximate surface area is 82.6 Å². The molecule has 0 aliphatic heterocycles. The van der Waals surface area contributed by atoms with Gasteiger partial charge in [-0.3, -0.25) is 9.59 Å². The third-order valence-corrected chi connectivity index (χ3v) is 1.37. The van der Waals surface area contributed by atoms with Gasteiger partial charge in [0, 0.05) is 32.1 Å². The molecule has 0 saturated carbocycles. The summed E-state index contributed by atoms with van der Waals surface area (Å²) in [4.78, 5) is 30.6. The molecule has 0 heterocycles. The van der Waals surface area contributed by atoms with E-state index in [9.17, 15) is 14.4 Å². The zero-order valence-electron chi connectivity index (χ0n) is 7.86. The van der Waals surface area contributed by atoms with Crippen molar-refractivity contribution in [3.05, 3.63) is 12.2 Å². The number of allylic oxidation sites excluding steroid dienone is 1. The highest BCUT2D eigenvalue weighted by atomic mass is 16.1. The van der Waals surface area contributed by atoms with E-state index >= 15 is 0 Å². The van der Waals surface area contributed by atoms with E-state index in [2.05, 4.69) is 10.6 Å². The van der Waals surface area contributed by atoms with E-state index in [-0.39, 0.29) is 5.91 Å². The highest BCUT2D eigenvalue weighted by molar-refractivity contribution is 5.90. The van der Waals surface area contributed by atoms with Gasteiger partial charge in [0.05, 0.1) is 0 Å². The average molecular weight is 198 g/mol. The predicted octanol–water partition coefficient (Wildman–Crippen LogP) is -0.964. The highest BCUT2D eigenvalue weighted by Gasteiger charge is 1.92. The zero-order chi connectivity index (χ0) is 10.6. The molecule has 0 aliphatic rings. The van der Waals surface area contributed by atoms with Crippen molar-refractivity contribution < 1.29 is 14.4 Å². The van der Waals surface area contributed by atoms with Crippen molar-refractivity contribution in [1.29, 1.82) is 0 Å². The van der Waals surface area contributed by atoms with Crippen molar-refractivity contribution >= 4 is 18.5 Å². The summed E-state index contributed by atoms with van der Waals surface area (Å²) in [5, 5.41) is 5.52. The second-order valence-electron chi connectivity index (χ2n) is 2.49. The molecule has 0 saturated heterocycles. The van der Waals surface area contributed by atoms with Crippen LogP contribution in [0, 0.1) is 0 Å². The Morgan fingerprint density at radius 3 is 2.57 bits per heavy atom. The molecule has 0 fully saturated rings. The fourth-order valence-corrected chi connectivity index (χ4v) is 0.746. The lowest BCUT2D eigenvalue weighted by molar-refractivity contribution is -0.116. The first kappa shape index (κ1) is 12.5. The molecule has 0 unspecified atom stereocenters. The number of aldehydes is 2. The number of amides is 1. The van der Waals surface area contributed by atoms with Gasteiger partial charge in [0.2, 0.25) is 5.91 Å². The number of hydrogen-bond donors (Lipinski definition) is 2. The number of rotatable bonds is 8. The van der Waals surface area contributed by atoms with Gasteiger partial charge in [-0.25, -0.2) is 0 Å². The van der Waals surface area contributed by atoms with Gasteiger partial charge in [-0.2, -0.15) is 0 Å². The Hall–Kier alpha value is -1.49. The monoisotopic (exact) mass is 198 g/mol. The first-order valence-electron chi connectivity index (χ1n) is 4.35. The molecule has 5 nitrogen and oxygen atoms in total. The number of carbonyl (C=O) groups excluding carboxylic acids is 3. The van der Waals surface area contributed by atoms with E-state index in [1.54, 1.807) is 0 Å². The maximum Gasteiger partial charge on any atom is 0.244 e. The third kappa shape index (κ3) is 8.61. The van der Waals surface area contributed by atoms with Crippen LogP contribution in [0.3, 0.4) is 0 Å². The van der Waals surface area contributed by atoms with Crippen molar-refractivity contribution in [3.8, 4) is 0 Å². The molecule has 0 aromatic rings. The first-order chi connectivity index (χ1) is 6.81. The van der Waals surface area contributed by atoms with E-state index in [1.807, 2.05) is 0 Å². The van der Waals surface area contributed by atoms with Crippen molar-refractivity contribution in [1.82, 2.24) is 10.6 Å². The summed E-state index contributed by atoms with van der Waals surface area (Å²) in [6.07, 6.45) is 4.15. The van der Waals surface area contributed by atoms with Crippen LogP contribution in [0.15, 0.2) is 12.2 Å². The van der Waals surface area contributed by atoms with Gasteiger partial charge in [-0.1, -0.05) is 0 Å².